The van der Waals surface area contributed by atoms with Crippen LogP contribution in [0.25, 0.3) is 0 Å². The van der Waals surface area contributed by atoms with Gasteiger partial charge in [-0.2, -0.15) is 0 Å². The molecule has 0 spiro atoms. The third-order valence-corrected chi connectivity index (χ3v) is 10.4. The van der Waals surface area contributed by atoms with E-state index in [1.165, 1.54) is 27.7 Å². The lowest BCUT2D eigenvalue weighted by Crippen LogP contribution is -2.36. The van der Waals surface area contributed by atoms with E-state index in [9.17, 15) is 19.2 Å². The fourth-order valence-corrected chi connectivity index (χ4v) is 11.9. The molecule has 0 atom stereocenters. The van der Waals surface area contributed by atoms with E-state index in [1.54, 1.807) is 9.80 Å². The molecule has 4 amide bonds. The predicted octanol–water partition coefficient (Wildman–Crippen LogP) is 7.03. The van der Waals surface area contributed by atoms with Gasteiger partial charge in [0.2, 0.25) is 23.6 Å². The molecule has 2 rings (SSSR count). The molecule has 0 aliphatic rings. The molecule has 200 valence electrons. The van der Waals surface area contributed by atoms with Crippen LogP contribution in [0.3, 0.4) is 0 Å². The van der Waals surface area contributed by atoms with Crippen molar-refractivity contribution in [3.63, 3.8) is 0 Å². The Labute approximate surface area is 297 Å². The average molecular weight is 1180 g/mol. The zero-order valence-electron chi connectivity index (χ0n) is 20.1. The Morgan fingerprint density at radius 1 is 0.622 bits per heavy atom. The van der Waals surface area contributed by atoms with E-state index in [0.717, 1.165) is 32.8 Å². The standard InChI is InChI=1S/C23H22I6N4O4/c1-10(34)30-20-14(24)8-16(26)22(18(20)28)32(12(3)36)6-5-7-33(13(4)37)23-17(27)9-15(25)21(19(23)29)31-11(2)35/h8-9H,5-7H2,1-4H3,(H,30,34)(H,31,35). The van der Waals surface area contributed by atoms with Crippen LogP contribution in [0.2, 0.25) is 0 Å². The van der Waals surface area contributed by atoms with Crippen LogP contribution < -0.4 is 20.4 Å². The van der Waals surface area contributed by atoms with Crippen LogP contribution in [0, 0.1) is 21.4 Å². The molecule has 0 bridgehead atoms. The van der Waals surface area contributed by atoms with E-state index in [1.807, 2.05) is 12.1 Å². The number of amides is 4. The third kappa shape index (κ3) is 8.84. The molecule has 2 aromatic carbocycles. The summed E-state index contributed by atoms with van der Waals surface area (Å²) >= 11 is 13.1. The lowest BCUT2D eigenvalue weighted by molar-refractivity contribution is -0.117. The maximum Gasteiger partial charge on any atom is 0.223 e. The summed E-state index contributed by atoms with van der Waals surface area (Å²) in [6, 6.07) is 3.86. The minimum atomic E-state index is -0.185. The van der Waals surface area contributed by atoms with Crippen LogP contribution in [-0.4, -0.2) is 36.7 Å². The minimum Gasteiger partial charge on any atom is -0.324 e. The van der Waals surface area contributed by atoms with E-state index in [-0.39, 0.29) is 23.6 Å². The molecular weight excluding hydrogens is 1160 g/mol. The second-order valence-electron chi connectivity index (χ2n) is 7.81. The van der Waals surface area contributed by atoms with Crippen molar-refractivity contribution >= 4 is 182 Å². The summed E-state index contributed by atoms with van der Waals surface area (Å²) in [7, 11) is 0. The molecule has 0 aliphatic heterocycles. The Morgan fingerprint density at radius 3 is 1.22 bits per heavy atom. The van der Waals surface area contributed by atoms with Gasteiger partial charge < -0.3 is 20.4 Å². The molecule has 0 aromatic heterocycles. The van der Waals surface area contributed by atoms with Crippen molar-refractivity contribution in [1.29, 1.82) is 0 Å². The Bertz CT molecular complexity index is 1180. The quantitative estimate of drug-likeness (QED) is 0.278. The van der Waals surface area contributed by atoms with Crippen LogP contribution in [0.15, 0.2) is 12.1 Å². The highest BCUT2D eigenvalue weighted by atomic mass is 127. The maximum atomic E-state index is 12.7. The van der Waals surface area contributed by atoms with Gasteiger partial charge in [0, 0.05) is 55.1 Å². The first-order valence-electron chi connectivity index (χ1n) is 10.6. The molecule has 0 aliphatic carbocycles. The topological polar surface area (TPSA) is 98.8 Å². The number of anilines is 4. The third-order valence-electron chi connectivity index (χ3n) is 4.96. The van der Waals surface area contributed by atoms with Crippen LogP contribution in [0.5, 0.6) is 0 Å². The van der Waals surface area contributed by atoms with Gasteiger partial charge in [-0.05, 0) is 154 Å². The van der Waals surface area contributed by atoms with Crippen molar-refractivity contribution in [2.24, 2.45) is 0 Å². The van der Waals surface area contributed by atoms with Gasteiger partial charge in [-0.1, -0.05) is 0 Å². The molecule has 37 heavy (non-hydrogen) atoms. The molecular formula is C23H22I6N4O4. The molecule has 0 saturated carbocycles. The van der Waals surface area contributed by atoms with Crippen LogP contribution in [0.1, 0.15) is 34.1 Å². The second kappa shape index (κ2) is 15.1. The number of benzene rings is 2. The highest BCUT2D eigenvalue weighted by Crippen LogP contribution is 2.39. The molecule has 0 unspecified atom stereocenters. The summed E-state index contributed by atoms with van der Waals surface area (Å²) in [6.07, 6.45) is 0.514. The van der Waals surface area contributed by atoms with Gasteiger partial charge in [-0.15, -0.1) is 0 Å². The zero-order chi connectivity index (χ0) is 28.2. The lowest BCUT2D eigenvalue weighted by atomic mass is 10.2. The van der Waals surface area contributed by atoms with E-state index in [0.29, 0.717) is 30.9 Å². The average Bonchev–Trinajstić information content (AvgIpc) is 2.76. The van der Waals surface area contributed by atoms with E-state index in [4.69, 9.17) is 0 Å². The summed E-state index contributed by atoms with van der Waals surface area (Å²) in [4.78, 5) is 52.4. The fourth-order valence-electron chi connectivity index (χ4n) is 3.48. The summed E-state index contributed by atoms with van der Waals surface area (Å²) < 4.78 is 5.11. The number of hydrogen-bond acceptors (Lipinski definition) is 4. The first kappa shape index (κ1) is 33.9. The number of carbonyl (C=O) groups excluding carboxylic acids is 4. The number of carbonyl (C=O) groups is 4. The van der Waals surface area contributed by atoms with Crippen LogP contribution in [0.4, 0.5) is 22.7 Å². The van der Waals surface area contributed by atoms with E-state index in [2.05, 4.69) is 146 Å². The first-order chi connectivity index (χ1) is 17.2. The highest BCUT2D eigenvalue weighted by Gasteiger charge is 2.25. The lowest BCUT2D eigenvalue weighted by Gasteiger charge is -2.29. The normalized spacial score (nSPS) is 10.6. The molecule has 0 fully saturated rings. The Balaban J connectivity index is 2.41. The van der Waals surface area contributed by atoms with Crippen molar-refractivity contribution < 1.29 is 19.2 Å². The second-order valence-corrected chi connectivity index (χ2v) is 14.6. The molecule has 8 nitrogen and oxygen atoms in total. The summed E-state index contributed by atoms with van der Waals surface area (Å²) in [5, 5.41) is 5.74. The van der Waals surface area contributed by atoms with Crippen molar-refractivity contribution in [3.05, 3.63) is 33.6 Å². The fraction of sp³-hybridized carbons (Fsp3) is 0.304. The van der Waals surface area contributed by atoms with Crippen molar-refractivity contribution in [2.75, 3.05) is 33.5 Å². The molecule has 2 aromatic rings. The van der Waals surface area contributed by atoms with Crippen LogP contribution >= 0.6 is 136 Å². The van der Waals surface area contributed by atoms with Crippen LogP contribution in [-0.2, 0) is 19.2 Å². The summed E-state index contributed by atoms with van der Waals surface area (Å²) in [5.41, 5.74) is 2.82. The minimum absolute atomic E-state index is 0.133. The van der Waals surface area contributed by atoms with Gasteiger partial charge in [0.25, 0.3) is 0 Å². The van der Waals surface area contributed by atoms with Gasteiger partial charge in [0.15, 0.2) is 0 Å². The predicted molar refractivity (Wildman–Crippen MR) is 198 cm³/mol. The monoisotopic (exact) mass is 1180 g/mol. The highest BCUT2D eigenvalue weighted by molar-refractivity contribution is 14.1. The van der Waals surface area contributed by atoms with Gasteiger partial charge in [0.05, 0.1) is 29.9 Å². The van der Waals surface area contributed by atoms with Crippen molar-refractivity contribution in [3.8, 4) is 0 Å². The van der Waals surface area contributed by atoms with Gasteiger partial charge >= 0.3 is 0 Å². The Morgan fingerprint density at radius 2 is 0.946 bits per heavy atom. The van der Waals surface area contributed by atoms with Gasteiger partial charge in [-0.25, -0.2) is 0 Å². The molecule has 0 heterocycles. The van der Waals surface area contributed by atoms with Gasteiger partial charge in [0.1, 0.15) is 0 Å². The molecule has 2 N–H and O–H groups in total. The largest absolute Gasteiger partial charge is 0.324 e. The molecule has 0 radical (unpaired) electrons. The zero-order valence-corrected chi connectivity index (χ0v) is 33.0. The number of nitrogens with one attached hydrogen (secondary N) is 2. The van der Waals surface area contributed by atoms with Crippen molar-refractivity contribution in [2.45, 2.75) is 34.1 Å². The SMILES string of the molecule is CC(=O)Nc1c(I)cc(I)c(N(CCCN(C(C)=O)c2c(I)cc(I)c(NC(C)=O)c2I)C(C)=O)c1I. The number of rotatable bonds is 8. The van der Waals surface area contributed by atoms with Crippen molar-refractivity contribution in [1.82, 2.24) is 0 Å². The van der Waals surface area contributed by atoms with E-state index >= 15 is 0 Å². The Kier molecular flexibility index (Phi) is 13.8. The Hall–Kier alpha value is 0.700. The molecule has 0 saturated heterocycles. The number of halogens is 6. The van der Waals surface area contributed by atoms with E-state index < -0.39 is 0 Å². The maximum absolute atomic E-state index is 12.7. The number of hydrogen-bond donors (Lipinski definition) is 2. The smallest absolute Gasteiger partial charge is 0.223 e. The first-order valence-corrected chi connectivity index (χ1v) is 17.1. The van der Waals surface area contributed by atoms with Gasteiger partial charge in [-0.3, -0.25) is 19.2 Å². The number of nitrogens with zero attached hydrogens (tertiary/aromatic N) is 2. The summed E-state index contributed by atoms with van der Waals surface area (Å²) in [6.45, 7) is 6.68. The molecule has 14 heteroatoms. The summed E-state index contributed by atoms with van der Waals surface area (Å²) in [5.74, 6) is -0.636.